The molecule has 1 rings (SSSR count). The lowest BCUT2D eigenvalue weighted by molar-refractivity contribution is -0.142. The summed E-state index contributed by atoms with van der Waals surface area (Å²) in [4.78, 5) is 23.3. The molecule has 0 bridgehead atoms. The van der Waals surface area contributed by atoms with Crippen LogP contribution >= 0.6 is 0 Å². The van der Waals surface area contributed by atoms with Gasteiger partial charge in [0.2, 0.25) is 5.70 Å². The van der Waals surface area contributed by atoms with Crippen LogP contribution in [-0.4, -0.2) is 37.4 Å². The Balaban J connectivity index is 3.01. The van der Waals surface area contributed by atoms with Crippen molar-refractivity contribution in [2.75, 3.05) is 20.3 Å². The van der Waals surface area contributed by atoms with E-state index in [1.807, 2.05) is 0 Å². The fourth-order valence-corrected chi connectivity index (χ4v) is 1.60. The number of azo groups is 1. The number of aliphatic hydroxyl groups is 1. The van der Waals surface area contributed by atoms with Crippen molar-refractivity contribution < 1.29 is 28.9 Å². The summed E-state index contributed by atoms with van der Waals surface area (Å²) in [6, 6.07) is 6.57. The average Bonchev–Trinajstić information content (AvgIpc) is 2.56. The highest BCUT2D eigenvalue weighted by Gasteiger charge is 2.19. The second kappa shape index (κ2) is 9.98. The molecule has 0 radical (unpaired) electrons. The van der Waals surface area contributed by atoms with Crippen molar-refractivity contribution in [1.29, 1.82) is 0 Å². The molecule has 0 spiro atoms. The maximum absolute atomic E-state index is 11.9. The highest BCUT2D eigenvalue weighted by molar-refractivity contribution is 5.89. The first kappa shape index (κ1) is 19.1. The summed E-state index contributed by atoms with van der Waals surface area (Å²) >= 11 is 0. The molecule has 0 aromatic heterocycles. The van der Waals surface area contributed by atoms with E-state index in [9.17, 15) is 14.7 Å². The molecule has 1 aromatic rings. The van der Waals surface area contributed by atoms with Gasteiger partial charge in [-0.3, -0.25) is 4.79 Å². The summed E-state index contributed by atoms with van der Waals surface area (Å²) in [5, 5.41) is 17.5. The normalized spacial score (nSPS) is 11.8. The molecular weight excluding hydrogens is 316 g/mol. The Morgan fingerprint density at radius 2 is 1.71 bits per heavy atom. The highest BCUT2D eigenvalue weighted by Crippen LogP contribution is 2.20. The smallest absolute Gasteiger partial charge is 0.362 e. The number of nitrogens with zero attached hydrogens (tertiary/aromatic N) is 2. The van der Waals surface area contributed by atoms with Crippen LogP contribution in [0.5, 0.6) is 5.75 Å². The molecule has 1 N–H and O–H groups in total. The van der Waals surface area contributed by atoms with E-state index in [2.05, 4.69) is 10.2 Å². The minimum Gasteiger partial charge on any atom is -0.509 e. The summed E-state index contributed by atoms with van der Waals surface area (Å²) in [7, 11) is 1.53. The zero-order chi connectivity index (χ0) is 17.9. The number of ether oxygens (including phenoxy) is 3. The Morgan fingerprint density at radius 3 is 2.25 bits per heavy atom. The van der Waals surface area contributed by atoms with Crippen LogP contribution in [0.1, 0.15) is 20.3 Å². The third-order valence-electron chi connectivity index (χ3n) is 2.70. The third-order valence-corrected chi connectivity index (χ3v) is 2.70. The minimum absolute atomic E-state index is 0.0904. The second-order valence-electron chi connectivity index (χ2n) is 4.40. The van der Waals surface area contributed by atoms with Crippen molar-refractivity contribution in [2.45, 2.75) is 20.3 Å². The maximum atomic E-state index is 11.9. The predicted molar refractivity (Wildman–Crippen MR) is 85.0 cm³/mol. The summed E-state index contributed by atoms with van der Waals surface area (Å²) < 4.78 is 14.6. The first-order valence-corrected chi connectivity index (χ1v) is 7.32. The second-order valence-corrected chi connectivity index (χ2v) is 4.40. The van der Waals surface area contributed by atoms with Gasteiger partial charge in [0, 0.05) is 0 Å². The van der Waals surface area contributed by atoms with Gasteiger partial charge in [-0.25, -0.2) is 4.79 Å². The molecule has 0 fully saturated rings. The summed E-state index contributed by atoms with van der Waals surface area (Å²) in [6.45, 7) is 3.49. The van der Waals surface area contributed by atoms with E-state index in [0.29, 0.717) is 11.4 Å². The molecule has 0 heterocycles. The lowest BCUT2D eigenvalue weighted by Crippen LogP contribution is -2.12. The van der Waals surface area contributed by atoms with Gasteiger partial charge >= 0.3 is 11.9 Å². The number of benzene rings is 1. The zero-order valence-electron chi connectivity index (χ0n) is 13.8. The van der Waals surface area contributed by atoms with Crippen LogP contribution in [0.15, 0.2) is 46.0 Å². The Morgan fingerprint density at radius 1 is 1.08 bits per heavy atom. The van der Waals surface area contributed by atoms with Gasteiger partial charge in [-0.2, -0.15) is 5.11 Å². The van der Waals surface area contributed by atoms with Crippen molar-refractivity contribution in [3.05, 3.63) is 35.7 Å². The molecule has 0 amide bonds. The number of aliphatic hydroxyl groups excluding tert-OH is 1. The SMILES string of the molecule is CCOC(=O)C/C(O)=C(/N=Nc1ccc(OC)cc1)C(=O)OCC. The van der Waals surface area contributed by atoms with Crippen LogP contribution in [0, 0.1) is 0 Å². The molecule has 0 saturated carbocycles. The van der Waals surface area contributed by atoms with E-state index in [-0.39, 0.29) is 13.2 Å². The molecule has 0 aliphatic heterocycles. The fourth-order valence-electron chi connectivity index (χ4n) is 1.60. The Hall–Kier alpha value is -2.90. The number of carbonyl (C=O) groups is 2. The minimum atomic E-state index is -0.878. The lowest BCUT2D eigenvalue weighted by atomic mass is 10.3. The van der Waals surface area contributed by atoms with Gasteiger partial charge in [0.1, 0.15) is 17.9 Å². The van der Waals surface area contributed by atoms with Crippen molar-refractivity contribution in [2.24, 2.45) is 10.2 Å². The Kier molecular flexibility index (Phi) is 7.97. The number of carbonyl (C=O) groups excluding carboxylic acids is 2. The number of hydrogen-bond donors (Lipinski definition) is 1. The van der Waals surface area contributed by atoms with Crippen LogP contribution in [0.25, 0.3) is 0 Å². The number of methoxy groups -OCH3 is 1. The van der Waals surface area contributed by atoms with Crippen molar-refractivity contribution in [1.82, 2.24) is 0 Å². The third kappa shape index (κ3) is 6.07. The molecule has 8 heteroatoms. The lowest BCUT2D eigenvalue weighted by Gasteiger charge is -2.05. The van der Waals surface area contributed by atoms with Crippen molar-refractivity contribution >= 4 is 17.6 Å². The maximum Gasteiger partial charge on any atom is 0.362 e. The molecule has 0 atom stereocenters. The van der Waals surface area contributed by atoms with Crippen molar-refractivity contribution in [3.63, 3.8) is 0 Å². The van der Waals surface area contributed by atoms with Crippen LogP contribution in [0.3, 0.4) is 0 Å². The van der Waals surface area contributed by atoms with Gasteiger partial charge in [0.15, 0.2) is 0 Å². The average molecular weight is 336 g/mol. The first-order chi connectivity index (χ1) is 11.5. The molecule has 1 aromatic carbocycles. The van der Waals surface area contributed by atoms with E-state index in [1.54, 1.807) is 38.1 Å². The largest absolute Gasteiger partial charge is 0.509 e. The molecule has 130 valence electrons. The standard InChI is InChI=1S/C16H20N2O6/c1-4-23-14(20)10-13(19)15(16(21)24-5-2)18-17-11-6-8-12(22-3)9-7-11/h6-9,19H,4-5,10H2,1-3H3/b15-13-,18-17?. The van der Waals surface area contributed by atoms with E-state index < -0.39 is 29.8 Å². The molecule has 0 aliphatic carbocycles. The van der Waals surface area contributed by atoms with E-state index in [0.717, 1.165) is 0 Å². The summed E-state index contributed by atoms with van der Waals surface area (Å²) in [5.74, 6) is -1.49. The molecule has 0 aliphatic rings. The van der Waals surface area contributed by atoms with E-state index in [1.165, 1.54) is 7.11 Å². The fraction of sp³-hybridized carbons (Fsp3) is 0.375. The van der Waals surface area contributed by atoms with Crippen LogP contribution in [0.2, 0.25) is 0 Å². The number of hydrogen-bond acceptors (Lipinski definition) is 8. The molecule has 0 unspecified atom stereocenters. The van der Waals surface area contributed by atoms with E-state index in [4.69, 9.17) is 14.2 Å². The zero-order valence-corrected chi connectivity index (χ0v) is 13.8. The molecule has 8 nitrogen and oxygen atoms in total. The predicted octanol–water partition coefficient (Wildman–Crippen LogP) is 3.06. The number of esters is 2. The highest BCUT2D eigenvalue weighted by atomic mass is 16.5. The molecule has 0 saturated heterocycles. The first-order valence-electron chi connectivity index (χ1n) is 7.32. The van der Waals surface area contributed by atoms with Gasteiger partial charge in [-0.1, -0.05) is 0 Å². The van der Waals surface area contributed by atoms with Gasteiger partial charge in [0.05, 0.1) is 26.0 Å². The molecular formula is C16H20N2O6. The van der Waals surface area contributed by atoms with Crippen LogP contribution in [0.4, 0.5) is 5.69 Å². The summed E-state index contributed by atoms with van der Waals surface area (Å²) in [6.07, 6.45) is -0.496. The van der Waals surface area contributed by atoms with Gasteiger partial charge < -0.3 is 19.3 Å². The Labute approximate surface area is 139 Å². The summed E-state index contributed by atoms with van der Waals surface area (Å²) in [5.41, 5.74) is -0.0118. The van der Waals surface area contributed by atoms with Crippen LogP contribution < -0.4 is 4.74 Å². The number of rotatable bonds is 8. The van der Waals surface area contributed by atoms with Gasteiger partial charge in [-0.05, 0) is 38.1 Å². The quantitative estimate of drug-likeness (QED) is 0.338. The van der Waals surface area contributed by atoms with Crippen LogP contribution in [-0.2, 0) is 19.1 Å². The van der Waals surface area contributed by atoms with Gasteiger partial charge in [-0.15, -0.1) is 5.11 Å². The van der Waals surface area contributed by atoms with Crippen molar-refractivity contribution in [3.8, 4) is 5.75 Å². The van der Waals surface area contributed by atoms with E-state index >= 15 is 0 Å². The topological polar surface area (TPSA) is 107 Å². The monoisotopic (exact) mass is 336 g/mol. The Bertz CT molecular complexity index is 622. The van der Waals surface area contributed by atoms with Gasteiger partial charge in [0.25, 0.3) is 0 Å². The molecule has 24 heavy (non-hydrogen) atoms.